The first-order chi connectivity index (χ1) is 13.3. The smallest absolute Gasteiger partial charge is 0.267 e. The molecular formula is C20H21N3O4S. The third-order valence-corrected chi connectivity index (χ3v) is 5.50. The van der Waals surface area contributed by atoms with Crippen LogP contribution in [-0.4, -0.2) is 35.3 Å². The molecule has 0 saturated carbocycles. The predicted octanol–water partition coefficient (Wildman–Crippen LogP) is 3.71. The van der Waals surface area contributed by atoms with Crippen molar-refractivity contribution in [1.29, 1.82) is 0 Å². The minimum Gasteiger partial charge on any atom is -0.497 e. The van der Waals surface area contributed by atoms with Gasteiger partial charge >= 0.3 is 0 Å². The van der Waals surface area contributed by atoms with Crippen molar-refractivity contribution in [3.05, 3.63) is 66.5 Å². The SMILES string of the molecule is COc1ccc(-c2cnc(Nc3ccc(CC(C)S(=O)(=O)O)cc3)nc2)cc1. The van der Waals surface area contributed by atoms with Crippen LogP contribution >= 0.6 is 0 Å². The van der Waals surface area contributed by atoms with Gasteiger partial charge in [-0.05, 0) is 48.7 Å². The lowest BCUT2D eigenvalue weighted by Gasteiger charge is -2.10. The standard InChI is InChI=1S/C20H21N3O4S/c1-14(28(24,25)26)11-15-3-7-18(8-4-15)23-20-21-12-17(13-22-20)16-5-9-19(27-2)10-6-16/h3-10,12-14H,11H2,1-2H3,(H,21,22,23)(H,24,25,26). The van der Waals surface area contributed by atoms with E-state index in [1.54, 1.807) is 31.6 Å². The van der Waals surface area contributed by atoms with Crippen LogP contribution in [0.25, 0.3) is 11.1 Å². The summed E-state index contributed by atoms with van der Waals surface area (Å²) in [6.07, 6.45) is 3.71. The van der Waals surface area contributed by atoms with Crippen molar-refractivity contribution in [2.45, 2.75) is 18.6 Å². The van der Waals surface area contributed by atoms with Crippen LogP contribution in [0.3, 0.4) is 0 Å². The summed E-state index contributed by atoms with van der Waals surface area (Å²) in [6, 6.07) is 14.9. The summed E-state index contributed by atoms with van der Waals surface area (Å²) < 4.78 is 36.5. The summed E-state index contributed by atoms with van der Waals surface area (Å²) in [4.78, 5) is 8.66. The molecule has 2 N–H and O–H groups in total. The number of methoxy groups -OCH3 is 1. The molecule has 146 valence electrons. The second kappa shape index (κ2) is 8.37. The van der Waals surface area contributed by atoms with Crippen molar-refractivity contribution in [1.82, 2.24) is 9.97 Å². The number of nitrogens with one attached hydrogen (secondary N) is 1. The van der Waals surface area contributed by atoms with Gasteiger partial charge in [0.1, 0.15) is 5.75 Å². The molecule has 0 saturated heterocycles. The fourth-order valence-corrected chi connectivity index (χ4v) is 3.02. The van der Waals surface area contributed by atoms with Crippen molar-refractivity contribution < 1.29 is 17.7 Å². The van der Waals surface area contributed by atoms with E-state index in [1.807, 2.05) is 36.4 Å². The molecule has 0 spiro atoms. The summed E-state index contributed by atoms with van der Waals surface area (Å²) in [5.41, 5.74) is 3.47. The van der Waals surface area contributed by atoms with Gasteiger partial charge < -0.3 is 10.1 Å². The molecule has 28 heavy (non-hydrogen) atoms. The molecule has 0 aliphatic heterocycles. The van der Waals surface area contributed by atoms with Crippen LogP contribution in [0.5, 0.6) is 5.75 Å². The molecule has 7 nitrogen and oxygen atoms in total. The fraction of sp³-hybridized carbons (Fsp3) is 0.200. The molecule has 1 atom stereocenters. The molecule has 2 aromatic carbocycles. The Hall–Kier alpha value is -2.97. The highest BCUT2D eigenvalue weighted by atomic mass is 32.2. The van der Waals surface area contributed by atoms with Crippen molar-refractivity contribution in [2.75, 3.05) is 12.4 Å². The Morgan fingerprint density at radius 2 is 1.61 bits per heavy atom. The van der Waals surface area contributed by atoms with Gasteiger partial charge in [0.25, 0.3) is 10.1 Å². The first-order valence-electron chi connectivity index (χ1n) is 8.64. The van der Waals surface area contributed by atoms with Gasteiger partial charge in [0.2, 0.25) is 5.95 Å². The first kappa shape index (κ1) is 19.8. The number of anilines is 2. The molecule has 0 radical (unpaired) electrons. The van der Waals surface area contributed by atoms with Gasteiger partial charge in [-0.2, -0.15) is 8.42 Å². The topological polar surface area (TPSA) is 101 Å². The molecule has 8 heteroatoms. The molecular weight excluding hydrogens is 378 g/mol. The number of benzene rings is 2. The zero-order chi connectivity index (χ0) is 20.1. The molecule has 1 unspecified atom stereocenters. The number of hydrogen-bond donors (Lipinski definition) is 2. The fourth-order valence-electron chi connectivity index (χ4n) is 2.62. The normalized spacial score (nSPS) is 12.4. The van der Waals surface area contributed by atoms with Gasteiger partial charge in [-0.1, -0.05) is 24.3 Å². The van der Waals surface area contributed by atoms with Crippen molar-refractivity contribution >= 4 is 21.8 Å². The molecule has 1 aromatic heterocycles. The van der Waals surface area contributed by atoms with E-state index in [4.69, 9.17) is 9.29 Å². The van der Waals surface area contributed by atoms with E-state index in [2.05, 4.69) is 15.3 Å². The number of rotatable bonds is 7. The maximum atomic E-state index is 11.1. The van der Waals surface area contributed by atoms with Crippen molar-refractivity contribution in [3.8, 4) is 16.9 Å². The molecule has 1 heterocycles. The highest BCUT2D eigenvalue weighted by molar-refractivity contribution is 7.86. The molecule has 0 amide bonds. The molecule has 0 fully saturated rings. The molecule has 0 aliphatic carbocycles. The Kier molecular flexibility index (Phi) is 5.91. The summed E-state index contributed by atoms with van der Waals surface area (Å²) in [5.74, 6) is 1.24. The second-order valence-electron chi connectivity index (χ2n) is 6.38. The minimum absolute atomic E-state index is 0.242. The van der Waals surface area contributed by atoms with Crippen molar-refractivity contribution in [3.63, 3.8) is 0 Å². The number of hydrogen-bond acceptors (Lipinski definition) is 6. The van der Waals surface area contributed by atoms with E-state index in [0.29, 0.717) is 5.95 Å². The third-order valence-electron chi connectivity index (χ3n) is 4.32. The van der Waals surface area contributed by atoms with Gasteiger partial charge in [-0.15, -0.1) is 0 Å². The first-order valence-corrected chi connectivity index (χ1v) is 10.1. The highest BCUT2D eigenvalue weighted by Crippen LogP contribution is 2.22. The average molecular weight is 399 g/mol. The molecule has 3 rings (SSSR count). The van der Waals surface area contributed by atoms with Crippen LogP contribution in [0, 0.1) is 0 Å². The summed E-state index contributed by atoms with van der Waals surface area (Å²) in [5, 5.41) is 2.25. The Labute approximate surface area is 164 Å². The zero-order valence-electron chi connectivity index (χ0n) is 15.5. The third kappa shape index (κ3) is 5.05. The van der Waals surface area contributed by atoms with E-state index in [1.165, 1.54) is 6.92 Å². The summed E-state index contributed by atoms with van der Waals surface area (Å²) in [7, 11) is -2.41. The lowest BCUT2D eigenvalue weighted by atomic mass is 10.1. The molecule has 0 bridgehead atoms. The van der Waals surface area contributed by atoms with E-state index < -0.39 is 15.4 Å². The van der Waals surface area contributed by atoms with Crippen LogP contribution in [0.15, 0.2) is 60.9 Å². The molecule has 3 aromatic rings. The van der Waals surface area contributed by atoms with Crippen molar-refractivity contribution in [2.24, 2.45) is 0 Å². The second-order valence-corrected chi connectivity index (χ2v) is 8.21. The highest BCUT2D eigenvalue weighted by Gasteiger charge is 2.17. The summed E-state index contributed by atoms with van der Waals surface area (Å²) >= 11 is 0. The lowest BCUT2D eigenvalue weighted by Crippen LogP contribution is -2.19. The Bertz CT molecular complexity index is 1020. The van der Waals surface area contributed by atoms with E-state index in [9.17, 15) is 8.42 Å². The maximum Gasteiger partial charge on any atom is 0.267 e. The van der Waals surface area contributed by atoms with E-state index in [-0.39, 0.29) is 6.42 Å². The Morgan fingerprint density at radius 3 is 2.14 bits per heavy atom. The zero-order valence-corrected chi connectivity index (χ0v) is 16.3. The van der Waals surface area contributed by atoms with Crippen LogP contribution in [0.1, 0.15) is 12.5 Å². The Morgan fingerprint density at radius 1 is 1.00 bits per heavy atom. The van der Waals surface area contributed by atoms with Gasteiger partial charge in [0, 0.05) is 23.6 Å². The predicted molar refractivity (Wildman–Crippen MR) is 108 cm³/mol. The van der Waals surface area contributed by atoms with Gasteiger partial charge in [0.05, 0.1) is 12.4 Å². The van der Waals surface area contributed by atoms with Crippen LogP contribution in [0.4, 0.5) is 11.6 Å². The van der Waals surface area contributed by atoms with Gasteiger partial charge in [0.15, 0.2) is 0 Å². The average Bonchev–Trinajstić information content (AvgIpc) is 2.69. The van der Waals surface area contributed by atoms with E-state index >= 15 is 0 Å². The maximum absolute atomic E-state index is 11.1. The minimum atomic E-state index is -4.03. The van der Waals surface area contributed by atoms with E-state index in [0.717, 1.165) is 28.1 Å². The summed E-state index contributed by atoms with van der Waals surface area (Å²) in [6.45, 7) is 1.47. The molecule has 0 aliphatic rings. The van der Waals surface area contributed by atoms with Crippen LogP contribution < -0.4 is 10.1 Å². The van der Waals surface area contributed by atoms with Gasteiger partial charge in [-0.25, -0.2) is 9.97 Å². The number of aromatic nitrogens is 2. The quantitative estimate of drug-likeness (QED) is 0.584. The largest absolute Gasteiger partial charge is 0.497 e. The number of ether oxygens (including phenoxy) is 1. The van der Waals surface area contributed by atoms with Crippen LogP contribution in [-0.2, 0) is 16.5 Å². The number of nitrogens with zero attached hydrogens (tertiary/aromatic N) is 2. The monoisotopic (exact) mass is 399 g/mol. The lowest BCUT2D eigenvalue weighted by molar-refractivity contribution is 0.415. The van der Waals surface area contributed by atoms with Gasteiger partial charge in [-0.3, -0.25) is 4.55 Å². The Balaban J connectivity index is 1.65. The van der Waals surface area contributed by atoms with Crippen LogP contribution in [0.2, 0.25) is 0 Å².